The first kappa shape index (κ1) is 16.9. The summed E-state index contributed by atoms with van der Waals surface area (Å²) < 4.78 is 2.70. The lowest BCUT2D eigenvalue weighted by atomic mass is 10.2. The largest absolute Gasteiger partial charge is 0.507 e. The highest BCUT2D eigenvalue weighted by Gasteiger charge is 2.08. The van der Waals surface area contributed by atoms with E-state index in [0.717, 1.165) is 10.0 Å². The summed E-state index contributed by atoms with van der Waals surface area (Å²) in [6.45, 7) is 0.571. The van der Waals surface area contributed by atoms with Gasteiger partial charge < -0.3 is 5.11 Å². The van der Waals surface area contributed by atoms with Crippen LogP contribution in [0.25, 0.3) is 0 Å². The smallest absolute Gasteiger partial charge is 0.291 e. The summed E-state index contributed by atoms with van der Waals surface area (Å²) in [5.74, 6) is -0.319. The van der Waals surface area contributed by atoms with Gasteiger partial charge in [0.2, 0.25) is 0 Å². The predicted molar refractivity (Wildman–Crippen MR) is 98.6 cm³/mol. The molecule has 126 valence electrons. The molecule has 7 heteroatoms. The molecule has 1 heterocycles. The zero-order chi connectivity index (χ0) is 17.6. The van der Waals surface area contributed by atoms with Crippen LogP contribution in [-0.4, -0.2) is 27.0 Å². The number of hydrazone groups is 1. The van der Waals surface area contributed by atoms with Crippen molar-refractivity contribution in [3.05, 3.63) is 82.1 Å². The number of amides is 1. The summed E-state index contributed by atoms with van der Waals surface area (Å²) in [4.78, 5) is 12.1. The van der Waals surface area contributed by atoms with Gasteiger partial charge in [-0.25, -0.2) is 5.43 Å². The van der Waals surface area contributed by atoms with Gasteiger partial charge in [0.05, 0.1) is 12.8 Å². The van der Waals surface area contributed by atoms with Gasteiger partial charge in [-0.3, -0.25) is 9.48 Å². The summed E-state index contributed by atoms with van der Waals surface area (Å²) in [7, 11) is 0. The van der Waals surface area contributed by atoms with E-state index in [1.165, 1.54) is 6.21 Å². The third kappa shape index (κ3) is 4.54. The maximum atomic E-state index is 12.1. The number of aromatic hydroxyl groups is 1. The fraction of sp³-hybridized carbons (Fsp3) is 0.0556. The van der Waals surface area contributed by atoms with Gasteiger partial charge in [0.1, 0.15) is 5.75 Å². The van der Waals surface area contributed by atoms with Crippen molar-refractivity contribution in [3.8, 4) is 5.75 Å². The Hall–Kier alpha value is -2.93. The Bertz CT molecular complexity index is 903. The lowest BCUT2D eigenvalue weighted by molar-refractivity contribution is 0.0949. The number of aromatic nitrogens is 2. The molecule has 2 aromatic carbocycles. The van der Waals surface area contributed by atoms with E-state index in [0.29, 0.717) is 12.1 Å². The highest BCUT2D eigenvalue weighted by molar-refractivity contribution is 9.10. The standard InChI is InChI=1S/C18H15BrN4O2/c19-15-7-5-13(6-8-15)12-23-10-9-16(22-23)18(25)21-20-11-14-3-1-2-4-17(14)24/h1-11,24H,12H2,(H,21,25). The number of hydrogen-bond donors (Lipinski definition) is 2. The Balaban J connectivity index is 1.60. The SMILES string of the molecule is O=C(NN=Cc1ccccc1O)c1ccn(Cc2ccc(Br)cc2)n1. The molecule has 0 aliphatic rings. The second-order valence-corrected chi connectivity index (χ2v) is 6.20. The van der Waals surface area contributed by atoms with Crippen LogP contribution < -0.4 is 5.43 Å². The molecule has 0 saturated carbocycles. The fourth-order valence-corrected chi connectivity index (χ4v) is 2.43. The van der Waals surface area contributed by atoms with Crippen LogP contribution in [0.5, 0.6) is 5.75 Å². The third-order valence-electron chi connectivity index (χ3n) is 3.44. The molecule has 0 unspecified atom stereocenters. The molecule has 1 amide bonds. The van der Waals surface area contributed by atoms with E-state index in [1.54, 1.807) is 41.2 Å². The highest BCUT2D eigenvalue weighted by Crippen LogP contribution is 2.13. The topological polar surface area (TPSA) is 79.5 Å². The van der Waals surface area contributed by atoms with E-state index >= 15 is 0 Å². The second kappa shape index (κ2) is 7.76. The molecule has 0 bridgehead atoms. The van der Waals surface area contributed by atoms with Crippen molar-refractivity contribution in [2.45, 2.75) is 6.54 Å². The molecule has 1 aromatic heterocycles. The van der Waals surface area contributed by atoms with Crippen molar-refractivity contribution in [2.24, 2.45) is 5.10 Å². The summed E-state index contributed by atoms with van der Waals surface area (Å²) in [5.41, 5.74) is 4.26. The van der Waals surface area contributed by atoms with Crippen molar-refractivity contribution >= 4 is 28.1 Å². The van der Waals surface area contributed by atoms with Gasteiger partial charge in [0.25, 0.3) is 5.91 Å². The zero-order valence-electron chi connectivity index (χ0n) is 13.1. The van der Waals surface area contributed by atoms with Gasteiger partial charge in [0, 0.05) is 16.2 Å². The first-order chi connectivity index (χ1) is 12.1. The summed E-state index contributed by atoms with van der Waals surface area (Å²) in [5, 5.41) is 17.7. The number of hydrogen-bond acceptors (Lipinski definition) is 4. The molecule has 3 rings (SSSR count). The van der Waals surface area contributed by atoms with Gasteiger partial charge in [-0.2, -0.15) is 10.2 Å². The monoisotopic (exact) mass is 398 g/mol. The van der Waals surface area contributed by atoms with Gasteiger partial charge >= 0.3 is 0 Å². The molecular weight excluding hydrogens is 384 g/mol. The third-order valence-corrected chi connectivity index (χ3v) is 3.97. The average Bonchev–Trinajstić information content (AvgIpc) is 3.07. The number of phenolic OH excluding ortho intramolecular Hbond substituents is 1. The van der Waals surface area contributed by atoms with E-state index in [1.807, 2.05) is 24.3 Å². The van der Waals surface area contributed by atoms with Crippen molar-refractivity contribution in [1.29, 1.82) is 0 Å². The number of nitrogens with one attached hydrogen (secondary N) is 1. The molecule has 3 aromatic rings. The summed E-state index contributed by atoms with van der Waals surface area (Å²) >= 11 is 3.39. The molecule has 25 heavy (non-hydrogen) atoms. The van der Waals surface area contributed by atoms with E-state index < -0.39 is 5.91 Å². The fourth-order valence-electron chi connectivity index (χ4n) is 2.16. The molecular formula is C18H15BrN4O2. The van der Waals surface area contributed by atoms with Crippen LogP contribution in [0.3, 0.4) is 0 Å². The Labute approximate surface area is 152 Å². The molecule has 0 fully saturated rings. The minimum atomic E-state index is -0.416. The maximum absolute atomic E-state index is 12.1. The van der Waals surface area contributed by atoms with Crippen LogP contribution in [0.15, 0.2) is 70.4 Å². The number of carbonyl (C=O) groups excluding carboxylic acids is 1. The molecule has 2 N–H and O–H groups in total. The molecule has 6 nitrogen and oxygen atoms in total. The van der Waals surface area contributed by atoms with Crippen molar-refractivity contribution in [3.63, 3.8) is 0 Å². The predicted octanol–water partition coefficient (Wildman–Crippen LogP) is 3.16. The quantitative estimate of drug-likeness (QED) is 0.511. The maximum Gasteiger partial charge on any atom is 0.291 e. The lowest BCUT2D eigenvalue weighted by Crippen LogP contribution is -2.18. The molecule has 0 radical (unpaired) electrons. The van der Waals surface area contributed by atoms with Crippen LogP contribution >= 0.6 is 15.9 Å². The average molecular weight is 399 g/mol. The van der Waals surface area contributed by atoms with Crippen LogP contribution in [0.1, 0.15) is 21.6 Å². The van der Waals surface area contributed by atoms with Crippen LogP contribution in [0.2, 0.25) is 0 Å². The molecule has 0 aliphatic carbocycles. The molecule has 0 saturated heterocycles. The second-order valence-electron chi connectivity index (χ2n) is 5.28. The van der Waals surface area contributed by atoms with Gasteiger partial charge in [-0.15, -0.1) is 0 Å². The Kier molecular flexibility index (Phi) is 5.25. The Morgan fingerprint density at radius 2 is 1.96 bits per heavy atom. The molecule has 0 aliphatic heterocycles. The van der Waals surface area contributed by atoms with Crippen molar-refractivity contribution in [1.82, 2.24) is 15.2 Å². The Morgan fingerprint density at radius 1 is 1.20 bits per heavy atom. The number of carbonyl (C=O) groups is 1. The van der Waals surface area contributed by atoms with E-state index in [4.69, 9.17) is 0 Å². The summed E-state index contributed by atoms with van der Waals surface area (Å²) in [6.07, 6.45) is 3.12. The number of nitrogens with zero attached hydrogens (tertiary/aromatic N) is 3. The van der Waals surface area contributed by atoms with E-state index in [2.05, 4.69) is 31.6 Å². The normalized spacial score (nSPS) is 10.9. The van der Waals surface area contributed by atoms with Crippen molar-refractivity contribution < 1.29 is 9.90 Å². The number of halogens is 1. The minimum Gasteiger partial charge on any atom is -0.507 e. The van der Waals surface area contributed by atoms with Gasteiger partial charge in [-0.05, 0) is 35.9 Å². The zero-order valence-corrected chi connectivity index (χ0v) is 14.7. The molecule has 0 atom stereocenters. The molecule has 0 spiro atoms. The highest BCUT2D eigenvalue weighted by atomic mass is 79.9. The van der Waals surface area contributed by atoms with Crippen LogP contribution in [-0.2, 0) is 6.54 Å². The van der Waals surface area contributed by atoms with E-state index in [-0.39, 0.29) is 11.4 Å². The van der Waals surface area contributed by atoms with Gasteiger partial charge in [-0.1, -0.05) is 40.2 Å². The number of para-hydroxylation sites is 1. The van der Waals surface area contributed by atoms with Crippen LogP contribution in [0, 0.1) is 0 Å². The van der Waals surface area contributed by atoms with Crippen molar-refractivity contribution in [2.75, 3.05) is 0 Å². The number of rotatable bonds is 5. The van der Waals surface area contributed by atoms with Gasteiger partial charge in [0.15, 0.2) is 5.69 Å². The lowest BCUT2D eigenvalue weighted by Gasteiger charge is -2.02. The first-order valence-electron chi connectivity index (χ1n) is 7.51. The summed E-state index contributed by atoms with van der Waals surface area (Å²) in [6, 6.07) is 16.2. The minimum absolute atomic E-state index is 0.0966. The van der Waals surface area contributed by atoms with Crippen LogP contribution in [0.4, 0.5) is 0 Å². The number of phenols is 1. The Morgan fingerprint density at radius 3 is 2.72 bits per heavy atom. The van der Waals surface area contributed by atoms with E-state index in [9.17, 15) is 9.90 Å². The number of benzene rings is 2. The first-order valence-corrected chi connectivity index (χ1v) is 8.30.